The Morgan fingerprint density at radius 1 is 1.00 bits per heavy atom. The molecule has 0 bridgehead atoms. The van der Waals surface area contributed by atoms with Crippen molar-refractivity contribution in [2.45, 2.75) is 11.3 Å². The molecule has 0 heterocycles. The zero-order valence-electron chi connectivity index (χ0n) is 12.7. The lowest BCUT2D eigenvalue weighted by molar-refractivity contribution is 0.104. The molecule has 23 heavy (non-hydrogen) atoms. The van der Waals surface area contributed by atoms with Crippen LogP contribution in [0.25, 0.3) is 0 Å². The smallest absolute Gasteiger partial charge is 0.185 e. The van der Waals surface area contributed by atoms with Crippen LogP contribution in [0.2, 0.25) is 0 Å². The average Bonchev–Trinajstić information content (AvgIpc) is 2.62. The van der Waals surface area contributed by atoms with Crippen LogP contribution in [0.4, 0.5) is 0 Å². The number of hydrogen-bond donors (Lipinski definition) is 0. The van der Waals surface area contributed by atoms with E-state index in [0.717, 1.165) is 11.1 Å². The normalized spacial score (nSPS) is 20.5. The molecule has 2 aromatic carbocycles. The van der Waals surface area contributed by atoms with E-state index in [4.69, 9.17) is 11.6 Å². The van der Waals surface area contributed by atoms with E-state index < -0.39 is 4.87 Å². The van der Waals surface area contributed by atoms with Gasteiger partial charge < -0.3 is 0 Å². The summed E-state index contributed by atoms with van der Waals surface area (Å²) < 4.78 is 0. The molecule has 1 atom stereocenters. The number of hydrogen-bond acceptors (Lipinski definition) is 1. The number of benzene rings is 2. The summed E-state index contributed by atoms with van der Waals surface area (Å²) in [6, 6.07) is 19.3. The Balaban J connectivity index is 1.70. The summed E-state index contributed by atoms with van der Waals surface area (Å²) in [5, 5.41) is 0. The Morgan fingerprint density at radius 2 is 1.65 bits per heavy atom. The third-order valence-corrected chi connectivity index (χ3v) is 4.41. The van der Waals surface area contributed by atoms with Crippen LogP contribution < -0.4 is 0 Å². The maximum atomic E-state index is 12.1. The van der Waals surface area contributed by atoms with Gasteiger partial charge in [0.1, 0.15) is 0 Å². The van der Waals surface area contributed by atoms with Gasteiger partial charge in [0.2, 0.25) is 0 Å². The van der Waals surface area contributed by atoms with Crippen molar-refractivity contribution in [3.63, 3.8) is 0 Å². The van der Waals surface area contributed by atoms with E-state index in [9.17, 15) is 4.79 Å². The molecule has 2 heteroatoms. The average molecular weight is 321 g/mol. The highest BCUT2D eigenvalue weighted by Gasteiger charge is 2.26. The summed E-state index contributed by atoms with van der Waals surface area (Å²) >= 11 is 6.70. The van der Waals surface area contributed by atoms with Crippen molar-refractivity contribution < 1.29 is 4.79 Å². The molecule has 114 valence electrons. The molecule has 0 aliphatic heterocycles. The van der Waals surface area contributed by atoms with Crippen molar-refractivity contribution >= 4 is 17.4 Å². The van der Waals surface area contributed by atoms with Crippen molar-refractivity contribution in [1.82, 2.24) is 0 Å². The number of alkyl halides is 1. The van der Waals surface area contributed by atoms with Crippen molar-refractivity contribution in [3.05, 3.63) is 108 Å². The van der Waals surface area contributed by atoms with E-state index >= 15 is 0 Å². The number of carbonyl (C=O) groups is 1. The van der Waals surface area contributed by atoms with Gasteiger partial charge in [-0.1, -0.05) is 85.0 Å². The van der Waals surface area contributed by atoms with E-state index in [1.807, 2.05) is 78.9 Å². The zero-order chi connectivity index (χ0) is 16.1. The highest BCUT2D eigenvalue weighted by atomic mass is 35.5. The standard InChI is InChI=1S/C21H17ClO/c22-21(19-9-5-2-6-10-19)15-13-17(14-16-21)11-12-20(23)18-7-3-1-4-8-18/h1-15H,16H2. The van der Waals surface area contributed by atoms with Crippen molar-refractivity contribution in [2.75, 3.05) is 0 Å². The van der Waals surface area contributed by atoms with E-state index in [1.165, 1.54) is 0 Å². The lowest BCUT2D eigenvalue weighted by atomic mass is 9.89. The van der Waals surface area contributed by atoms with Crippen LogP contribution in [0, 0.1) is 0 Å². The zero-order valence-corrected chi connectivity index (χ0v) is 13.4. The summed E-state index contributed by atoms with van der Waals surface area (Å²) in [5.74, 6) is 0.00525. The third-order valence-electron chi connectivity index (χ3n) is 3.91. The fourth-order valence-corrected chi connectivity index (χ4v) is 2.82. The van der Waals surface area contributed by atoms with Crippen molar-refractivity contribution in [2.24, 2.45) is 0 Å². The maximum absolute atomic E-state index is 12.1. The Morgan fingerprint density at radius 3 is 2.26 bits per heavy atom. The first-order valence-electron chi connectivity index (χ1n) is 7.59. The predicted molar refractivity (Wildman–Crippen MR) is 95.7 cm³/mol. The first-order valence-corrected chi connectivity index (χ1v) is 7.96. The molecule has 1 unspecified atom stereocenters. The molecule has 0 saturated carbocycles. The number of ketones is 1. The van der Waals surface area contributed by atoms with E-state index in [1.54, 1.807) is 6.08 Å². The molecule has 1 aliphatic carbocycles. The summed E-state index contributed by atoms with van der Waals surface area (Å²) in [6.07, 6.45) is 10.2. The van der Waals surface area contributed by atoms with Gasteiger partial charge in [0.05, 0.1) is 4.87 Å². The first kappa shape index (κ1) is 15.5. The van der Waals surface area contributed by atoms with Crippen LogP contribution in [-0.2, 0) is 4.87 Å². The highest BCUT2D eigenvalue weighted by Crippen LogP contribution is 2.38. The van der Waals surface area contributed by atoms with Gasteiger partial charge in [-0.3, -0.25) is 4.79 Å². The van der Waals surface area contributed by atoms with E-state index in [-0.39, 0.29) is 5.78 Å². The largest absolute Gasteiger partial charge is 0.289 e. The Labute approximate surface area is 141 Å². The van der Waals surface area contributed by atoms with Gasteiger partial charge in [-0.25, -0.2) is 0 Å². The van der Waals surface area contributed by atoms with Gasteiger partial charge in [-0.15, -0.1) is 11.6 Å². The van der Waals surface area contributed by atoms with Crippen LogP contribution in [-0.4, -0.2) is 5.78 Å². The SMILES string of the molecule is O=C(C=CC1=CCC(Cl)(c2ccccc2)C=C1)c1ccccc1. The Kier molecular flexibility index (Phi) is 4.59. The molecular formula is C21H17ClO. The molecule has 0 amide bonds. The maximum Gasteiger partial charge on any atom is 0.185 e. The minimum Gasteiger partial charge on any atom is -0.289 e. The quantitative estimate of drug-likeness (QED) is 0.416. The van der Waals surface area contributed by atoms with Gasteiger partial charge in [-0.2, -0.15) is 0 Å². The lowest BCUT2D eigenvalue weighted by Gasteiger charge is -2.25. The number of halogens is 1. The predicted octanol–water partition coefficient (Wildman–Crippen LogP) is 5.45. The first-order chi connectivity index (χ1) is 11.2. The lowest BCUT2D eigenvalue weighted by Crippen LogP contribution is -2.16. The molecule has 0 aromatic heterocycles. The second-order valence-electron chi connectivity index (χ2n) is 5.53. The van der Waals surface area contributed by atoms with Gasteiger partial charge >= 0.3 is 0 Å². The minimum absolute atomic E-state index is 0.00525. The van der Waals surface area contributed by atoms with Crippen LogP contribution >= 0.6 is 11.6 Å². The van der Waals surface area contributed by atoms with Gasteiger partial charge in [0, 0.05) is 5.56 Å². The number of carbonyl (C=O) groups excluding carboxylic acids is 1. The summed E-state index contributed by atoms with van der Waals surface area (Å²) in [5.41, 5.74) is 2.78. The highest BCUT2D eigenvalue weighted by molar-refractivity contribution is 6.25. The third kappa shape index (κ3) is 3.69. The molecule has 0 N–H and O–H groups in total. The molecule has 2 aromatic rings. The number of allylic oxidation sites excluding steroid dienone is 6. The van der Waals surface area contributed by atoms with Crippen LogP contribution in [0.5, 0.6) is 0 Å². The molecule has 1 aliphatic rings. The fourth-order valence-electron chi connectivity index (χ4n) is 2.55. The fraction of sp³-hybridized carbons (Fsp3) is 0.0952. The van der Waals surface area contributed by atoms with Gasteiger partial charge in [0.15, 0.2) is 5.78 Å². The molecule has 3 rings (SSSR count). The second kappa shape index (κ2) is 6.80. The van der Waals surface area contributed by atoms with Crippen LogP contribution in [0.1, 0.15) is 22.3 Å². The van der Waals surface area contributed by atoms with E-state index in [2.05, 4.69) is 6.08 Å². The van der Waals surface area contributed by atoms with Crippen molar-refractivity contribution in [3.8, 4) is 0 Å². The summed E-state index contributed by atoms with van der Waals surface area (Å²) in [7, 11) is 0. The molecule has 0 spiro atoms. The monoisotopic (exact) mass is 320 g/mol. The topological polar surface area (TPSA) is 17.1 Å². The molecular weight excluding hydrogens is 304 g/mol. The number of rotatable bonds is 4. The summed E-state index contributed by atoms with van der Waals surface area (Å²) in [4.78, 5) is 11.6. The summed E-state index contributed by atoms with van der Waals surface area (Å²) in [6.45, 7) is 0. The minimum atomic E-state index is -0.498. The Bertz CT molecular complexity index is 772. The van der Waals surface area contributed by atoms with Crippen LogP contribution in [0.15, 0.2) is 96.6 Å². The molecule has 0 radical (unpaired) electrons. The molecule has 1 nitrogen and oxygen atoms in total. The Hall–Kier alpha value is -2.38. The van der Waals surface area contributed by atoms with Gasteiger partial charge in [0.25, 0.3) is 0 Å². The second-order valence-corrected chi connectivity index (χ2v) is 6.21. The molecule has 0 saturated heterocycles. The van der Waals surface area contributed by atoms with E-state index in [0.29, 0.717) is 12.0 Å². The van der Waals surface area contributed by atoms with Crippen LogP contribution in [0.3, 0.4) is 0 Å². The van der Waals surface area contributed by atoms with Gasteiger partial charge in [-0.05, 0) is 23.6 Å². The molecule has 0 fully saturated rings. The van der Waals surface area contributed by atoms with Crippen molar-refractivity contribution in [1.29, 1.82) is 0 Å².